The molecule has 1 spiro atoms. The highest BCUT2D eigenvalue weighted by Crippen LogP contribution is 2.66. The summed E-state index contributed by atoms with van der Waals surface area (Å²) < 4.78 is 0. The van der Waals surface area contributed by atoms with E-state index in [4.69, 9.17) is 10.7 Å². The van der Waals surface area contributed by atoms with Crippen molar-refractivity contribution in [3.63, 3.8) is 0 Å². The zero-order valence-corrected chi connectivity index (χ0v) is 16.0. The minimum Gasteiger partial charge on any atom is -0.341 e. The van der Waals surface area contributed by atoms with Gasteiger partial charge in [0.2, 0.25) is 5.95 Å². The van der Waals surface area contributed by atoms with Gasteiger partial charge in [0.25, 0.3) is 0 Å². The van der Waals surface area contributed by atoms with E-state index < -0.39 is 0 Å². The summed E-state index contributed by atoms with van der Waals surface area (Å²) in [7, 11) is 2.08. The SMILES string of the molecule is CN(c1nccc(Nc2cc(C3CC4(CC4)C3)[nH]n2)n1)C1CCC(N)CC1. The summed E-state index contributed by atoms with van der Waals surface area (Å²) in [6.45, 7) is 0. The summed E-state index contributed by atoms with van der Waals surface area (Å²) in [4.78, 5) is 11.4. The van der Waals surface area contributed by atoms with Crippen LogP contribution in [0.5, 0.6) is 0 Å². The van der Waals surface area contributed by atoms with E-state index in [0.717, 1.165) is 43.3 Å². The van der Waals surface area contributed by atoms with Gasteiger partial charge in [0.15, 0.2) is 5.82 Å². The molecule has 5 rings (SSSR count). The smallest absolute Gasteiger partial charge is 0.227 e. The summed E-state index contributed by atoms with van der Waals surface area (Å²) in [5, 5.41) is 11.0. The molecule has 3 aliphatic carbocycles. The fraction of sp³-hybridized carbons (Fsp3) is 0.650. The molecule has 144 valence electrons. The fourth-order valence-electron chi connectivity index (χ4n) is 4.77. The zero-order valence-electron chi connectivity index (χ0n) is 16.0. The van der Waals surface area contributed by atoms with E-state index in [2.05, 4.69) is 38.5 Å². The van der Waals surface area contributed by atoms with E-state index in [1.807, 2.05) is 12.3 Å². The number of nitrogens with zero attached hydrogens (tertiary/aromatic N) is 4. The second-order valence-electron chi connectivity index (χ2n) is 8.86. The van der Waals surface area contributed by atoms with Gasteiger partial charge < -0.3 is 16.0 Å². The Bertz CT molecular complexity index is 796. The minimum absolute atomic E-state index is 0.350. The van der Waals surface area contributed by atoms with E-state index in [1.54, 1.807) is 0 Å². The molecule has 2 heterocycles. The molecule has 2 aromatic heterocycles. The predicted molar refractivity (Wildman–Crippen MR) is 106 cm³/mol. The van der Waals surface area contributed by atoms with E-state index in [-0.39, 0.29) is 0 Å². The molecule has 0 unspecified atom stereocenters. The molecule has 3 aliphatic rings. The van der Waals surface area contributed by atoms with Gasteiger partial charge in [-0.05, 0) is 62.8 Å². The number of nitrogens with two attached hydrogens (primary N) is 1. The lowest BCUT2D eigenvalue weighted by Gasteiger charge is -2.34. The van der Waals surface area contributed by atoms with Crippen LogP contribution in [0.25, 0.3) is 0 Å². The van der Waals surface area contributed by atoms with Crippen molar-refractivity contribution in [1.82, 2.24) is 20.2 Å². The van der Waals surface area contributed by atoms with Crippen molar-refractivity contribution < 1.29 is 0 Å². The van der Waals surface area contributed by atoms with Crippen LogP contribution in [-0.2, 0) is 0 Å². The molecule has 4 N–H and O–H groups in total. The molecule has 2 aromatic rings. The molecule has 0 atom stereocenters. The van der Waals surface area contributed by atoms with E-state index in [9.17, 15) is 0 Å². The van der Waals surface area contributed by atoms with Gasteiger partial charge in [-0.3, -0.25) is 5.10 Å². The second kappa shape index (κ2) is 6.48. The third-order valence-electron chi connectivity index (χ3n) is 6.86. The van der Waals surface area contributed by atoms with Crippen molar-refractivity contribution in [2.75, 3.05) is 17.3 Å². The van der Waals surface area contributed by atoms with E-state index in [0.29, 0.717) is 23.4 Å². The molecule has 0 radical (unpaired) electrons. The minimum atomic E-state index is 0.350. The number of hydrogen-bond acceptors (Lipinski definition) is 6. The highest BCUT2D eigenvalue weighted by Gasteiger charge is 2.53. The van der Waals surface area contributed by atoms with Crippen molar-refractivity contribution >= 4 is 17.6 Å². The third kappa shape index (κ3) is 3.40. The van der Waals surface area contributed by atoms with Crippen LogP contribution in [0.15, 0.2) is 18.3 Å². The van der Waals surface area contributed by atoms with Crippen molar-refractivity contribution in [2.45, 2.75) is 69.4 Å². The molecule has 0 aliphatic heterocycles. The molecule has 0 bridgehead atoms. The summed E-state index contributed by atoms with van der Waals surface area (Å²) in [5.74, 6) is 3.02. The Balaban J connectivity index is 1.23. The van der Waals surface area contributed by atoms with Gasteiger partial charge in [-0.15, -0.1) is 0 Å². The van der Waals surface area contributed by atoms with Gasteiger partial charge >= 0.3 is 0 Å². The average Bonchev–Trinajstić information content (AvgIpc) is 3.34. The predicted octanol–water partition coefficient (Wildman–Crippen LogP) is 3.31. The maximum atomic E-state index is 6.03. The fourth-order valence-corrected chi connectivity index (χ4v) is 4.77. The molecule has 7 nitrogen and oxygen atoms in total. The molecular weight excluding hydrogens is 338 g/mol. The van der Waals surface area contributed by atoms with Crippen LogP contribution in [-0.4, -0.2) is 39.3 Å². The number of anilines is 3. The van der Waals surface area contributed by atoms with Gasteiger partial charge in [-0.25, -0.2) is 4.98 Å². The maximum absolute atomic E-state index is 6.03. The first-order valence-corrected chi connectivity index (χ1v) is 10.2. The Labute approximate surface area is 160 Å². The van der Waals surface area contributed by atoms with Crippen molar-refractivity contribution in [3.05, 3.63) is 24.0 Å². The number of nitrogens with one attached hydrogen (secondary N) is 2. The molecule has 3 fully saturated rings. The summed E-state index contributed by atoms with van der Waals surface area (Å²) in [6.07, 6.45) is 11.7. The number of rotatable bonds is 5. The topological polar surface area (TPSA) is 95.8 Å². The first kappa shape index (κ1) is 17.0. The third-order valence-corrected chi connectivity index (χ3v) is 6.86. The molecular formula is C20H29N7. The number of hydrogen-bond donors (Lipinski definition) is 3. The van der Waals surface area contributed by atoms with Crippen molar-refractivity contribution in [2.24, 2.45) is 11.1 Å². The van der Waals surface area contributed by atoms with Crippen molar-refractivity contribution in [3.8, 4) is 0 Å². The number of H-pyrrole nitrogens is 1. The van der Waals surface area contributed by atoms with Crippen LogP contribution in [0.3, 0.4) is 0 Å². The quantitative estimate of drug-likeness (QED) is 0.750. The largest absolute Gasteiger partial charge is 0.341 e. The van der Waals surface area contributed by atoms with E-state index in [1.165, 1.54) is 31.4 Å². The zero-order chi connectivity index (χ0) is 18.4. The highest BCUT2D eigenvalue weighted by molar-refractivity contribution is 5.53. The van der Waals surface area contributed by atoms with Crippen LogP contribution in [0, 0.1) is 5.41 Å². The Morgan fingerprint density at radius 1 is 1.19 bits per heavy atom. The van der Waals surface area contributed by atoms with Crippen LogP contribution < -0.4 is 16.0 Å². The standard InChI is InChI=1S/C20H29N7/c1-27(15-4-2-14(21)3-5-15)19-22-9-6-17(24-19)23-18-10-16(25-26-18)13-11-20(12-13)7-8-20/h6,9-10,13-15H,2-5,7-8,11-12,21H2,1H3,(H2,22,23,24,25,26). The van der Waals surface area contributed by atoms with Gasteiger partial charge in [-0.1, -0.05) is 0 Å². The molecule has 0 amide bonds. The molecule has 0 aromatic carbocycles. The van der Waals surface area contributed by atoms with Gasteiger partial charge in [0, 0.05) is 43.0 Å². The molecule has 7 heteroatoms. The first-order chi connectivity index (χ1) is 13.1. The normalized spacial score (nSPS) is 26.6. The summed E-state index contributed by atoms with van der Waals surface area (Å²) >= 11 is 0. The van der Waals surface area contributed by atoms with Gasteiger partial charge in [-0.2, -0.15) is 10.1 Å². The Morgan fingerprint density at radius 3 is 2.70 bits per heavy atom. The van der Waals surface area contributed by atoms with Gasteiger partial charge in [0.05, 0.1) is 0 Å². The number of aromatic nitrogens is 4. The van der Waals surface area contributed by atoms with Crippen LogP contribution in [0.1, 0.15) is 63.0 Å². The lowest BCUT2D eigenvalue weighted by Crippen LogP contribution is -2.39. The highest BCUT2D eigenvalue weighted by atomic mass is 15.3. The Kier molecular flexibility index (Phi) is 4.07. The summed E-state index contributed by atoms with van der Waals surface area (Å²) in [5.41, 5.74) is 7.99. The lowest BCUT2D eigenvalue weighted by molar-refractivity contribution is 0.233. The number of aromatic amines is 1. The Hall–Kier alpha value is -2.15. The lowest BCUT2D eigenvalue weighted by atomic mass is 9.70. The monoisotopic (exact) mass is 367 g/mol. The molecule has 3 saturated carbocycles. The molecule has 27 heavy (non-hydrogen) atoms. The van der Waals surface area contributed by atoms with Crippen LogP contribution in [0.2, 0.25) is 0 Å². The second-order valence-corrected chi connectivity index (χ2v) is 8.86. The van der Waals surface area contributed by atoms with Crippen LogP contribution >= 0.6 is 0 Å². The van der Waals surface area contributed by atoms with Gasteiger partial charge in [0.1, 0.15) is 5.82 Å². The summed E-state index contributed by atoms with van der Waals surface area (Å²) in [6, 6.07) is 4.84. The van der Waals surface area contributed by atoms with Crippen LogP contribution in [0.4, 0.5) is 17.6 Å². The average molecular weight is 368 g/mol. The van der Waals surface area contributed by atoms with Crippen molar-refractivity contribution in [1.29, 1.82) is 0 Å². The van der Waals surface area contributed by atoms with E-state index >= 15 is 0 Å². The molecule has 0 saturated heterocycles. The first-order valence-electron chi connectivity index (χ1n) is 10.2. The maximum Gasteiger partial charge on any atom is 0.227 e. The Morgan fingerprint density at radius 2 is 1.96 bits per heavy atom.